The molecular weight excluding hydrogens is 323 g/mol. The average Bonchev–Trinajstić information content (AvgIpc) is 2.31. The molecule has 5 heteroatoms. The molecule has 1 atom stereocenters. The summed E-state index contributed by atoms with van der Waals surface area (Å²) in [4.78, 5) is 11.8. The third-order valence-electron chi connectivity index (χ3n) is 2.12. The zero-order valence-corrected chi connectivity index (χ0v) is 10.7. The smallest absolute Gasteiger partial charge is 0.341 e. The molecule has 0 aromatic heterocycles. The van der Waals surface area contributed by atoms with Crippen molar-refractivity contribution in [1.82, 2.24) is 0 Å². The van der Waals surface area contributed by atoms with E-state index in [2.05, 4.69) is 22.6 Å². The van der Waals surface area contributed by atoms with Crippen LogP contribution in [0.4, 0.5) is 0 Å². The molecule has 1 heterocycles. The Morgan fingerprint density at radius 3 is 2.88 bits per heavy atom. The molecule has 2 rings (SSSR count). The number of halogens is 1. The largest absolute Gasteiger partial charge is 0.430 e. The van der Waals surface area contributed by atoms with Gasteiger partial charge in [0.1, 0.15) is 6.61 Å². The number of esters is 1. The Kier molecular flexibility index (Phi) is 4.14. The van der Waals surface area contributed by atoms with Crippen LogP contribution in [-0.2, 0) is 14.2 Å². The van der Waals surface area contributed by atoms with Crippen LogP contribution < -0.4 is 0 Å². The molecule has 1 aromatic rings. The summed E-state index contributed by atoms with van der Waals surface area (Å²) < 4.78 is 16.4. The number of carbonyl (C=O) groups excluding carboxylic acids is 1. The lowest BCUT2D eigenvalue weighted by molar-refractivity contribution is -0.186. The minimum atomic E-state index is -0.586. The van der Waals surface area contributed by atoms with Gasteiger partial charge in [-0.2, -0.15) is 0 Å². The predicted octanol–water partition coefficient (Wildman–Crippen LogP) is 1.82. The van der Waals surface area contributed by atoms with Crippen LogP contribution in [0.15, 0.2) is 24.3 Å². The minimum absolute atomic E-state index is 0.301. The van der Waals surface area contributed by atoms with Crippen molar-refractivity contribution in [2.24, 2.45) is 0 Å². The zero-order valence-electron chi connectivity index (χ0n) is 8.52. The fraction of sp³-hybridized carbons (Fsp3) is 0.364. The normalized spacial score (nSPS) is 20.4. The Labute approximate surface area is 107 Å². The van der Waals surface area contributed by atoms with Crippen molar-refractivity contribution < 1.29 is 19.0 Å². The fourth-order valence-corrected chi connectivity index (χ4v) is 1.95. The molecule has 0 N–H and O–H groups in total. The molecule has 0 amide bonds. The van der Waals surface area contributed by atoms with Crippen molar-refractivity contribution in [3.05, 3.63) is 33.4 Å². The summed E-state index contributed by atoms with van der Waals surface area (Å²) in [7, 11) is 0. The van der Waals surface area contributed by atoms with E-state index in [0.29, 0.717) is 25.4 Å². The molecule has 0 bridgehead atoms. The lowest BCUT2D eigenvalue weighted by atomic mass is 10.2. The van der Waals surface area contributed by atoms with Crippen LogP contribution in [0.1, 0.15) is 10.4 Å². The lowest BCUT2D eigenvalue weighted by Crippen LogP contribution is -2.33. The number of carbonyl (C=O) groups is 1. The Bertz CT molecular complexity index is 374. The monoisotopic (exact) mass is 334 g/mol. The molecule has 1 unspecified atom stereocenters. The molecular formula is C11H11IO4. The maximum absolute atomic E-state index is 11.8. The van der Waals surface area contributed by atoms with Gasteiger partial charge in [0.25, 0.3) is 0 Å². The van der Waals surface area contributed by atoms with Crippen LogP contribution in [0.3, 0.4) is 0 Å². The van der Waals surface area contributed by atoms with E-state index < -0.39 is 6.29 Å². The molecule has 0 saturated carbocycles. The van der Waals surface area contributed by atoms with Crippen molar-refractivity contribution in [3.63, 3.8) is 0 Å². The van der Waals surface area contributed by atoms with E-state index in [1.54, 1.807) is 12.1 Å². The second kappa shape index (κ2) is 5.60. The van der Waals surface area contributed by atoms with Gasteiger partial charge in [-0.3, -0.25) is 0 Å². The molecule has 1 aliphatic rings. The third kappa shape index (κ3) is 2.93. The highest BCUT2D eigenvalue weighted by atomic mass is 127. The van der Waals surface area contributed by atoms with Gasteiger partial charge in [0.05, 0.1) is 18.8 Å². The first kappa shape index (κ1) is 11.8. The topological polar surface area (TPSA) is 44.8 Å². The molecule has 1 saturated heterocycles. The molecule has 1 aromatic carbocycles. The van der Waals surface area contributed by atoms with Crippen LogP contribution >= 0.6 is 22.6 Å². The first-order valence-electron chi connectivity index (χ1n) is 4.92. The molecule has 86 valence electrons. The highest BCUT2D eigenvalue weighted by molar-refractivity contribution is 14.1. The van der Waals surface area contributed by atoms with Gasteiger partial charge in [0.2, 0.25) is 6.29 Å². The third-order valence-corrected chi connectivity index (χ3v) is 3.06. The molecule has 0 radical (unpaired) electrons. The minimum Gasteiger partial charge on any atom is -0.430 e. The Balaban J connectivity index is 2.00. The van der Waals surface area contributed by atoms with Gasteiger partial charge in [-0.05, 0) is 34.7 Å². The number of hydrogen-bond donors (Lipinski definition) is 0. The van der Waals surface area contributed by atoms with Crippen molar-refractivity contribution in [1.29, 1.82) is 0 Å². The van der Waals surface area contributed by atoms with Crippen molar-refractivity contribution in [2.75, 3.05) is 19.8 Å². The summed E-state index contributed by atoms with van der Waals surface area (Å²) in [6, 6.07) is 7.26. The van der Waals surface area contributed by atoms with Gasteiger partial charge in [-0.25, -0.2) is 4.79 Å². The summed E-state index contributed by atoms with van der Waals surface area (Å²) in [5.74, 6) is -0.375. The molecule has 0 spiro atoms. The van der Waals surface area contributed by atoms with Crippen molar-refractivity contribution in [3.8, 4) is 0 Å². The van der Waals surface area contributed by atoms with Gasteiger partial charge in [0, 0.05) is 3.57 Å². The highest BCUT2D eigenvalue weighted by Crippen LogP contribution is 2.14. The highest BCUT2D eigenvalue weighted by Gasteiger charge is 2.20. The first-order valence-corrected chi connectivity index (χ1v) is 6.00. The second-order valence-corrected chi connectivity index (χ2v) is 4.42. The van der Waals surface area contributed by atoms with Gasteiger partial charge in [-0.1, -0.05) is 12.1 Å². The van der Waals surface area contributed by atoms with Crippen LogP contribution in [0.25, 0.3) is 0 Å². The van der Waals surface area contributed by atoms with Crippen LogP contribution in [0.2, 0.25) is 0 Å². The SMILES string of the molecule is O=C(OC1COCCO1)c1ccccc1I. The Morgan fingerprint density at radius 2 is 2.19 bits per heavy atom. The maximum Gasteiger partial charge on any atom is 0.341 e. The first-order chi connectivity index (χ1) is 7.77. The zero-order chi connectivity index (χ0) is 11.4. The molecule has 1 fully saturated rings. The van der Waals surface area contributed by atoms with E-state index in [9.17, 15) is 4.79 Å². The van der Waals surface area contributed by atoms with E-state index >= 15 is 0 Å². The predicted molar refractivity (Wildman–Crippen MR) is 65.1 cm³/mol. The standard InChI is InChI=1S/C11H11IO4/c12-9-4-2-1-3-8(9)11(13)16-10-7-14-5-6-15-10/h1-4,10H,5-7H2. The Morgan fingerprint density at radius 1 is 1.38 bits per heavy atom. The summed E-state index contributed by atoms with van der Waals surface area (Å²) in [5.41, 5.74) is 0.553. The van der Waals surface area contributed by atoms with Crippen molar-refractivity contribution in [2.45, 2.75) is 6.29 Å². The number of hydrogen-bond acceptors (Lipinski definition) is 4. The lowest BCUT2D eigenvalue weighted by Gasteiger charge is -2.22. The van der Waals surface area contributed by atoms with E-state index in [-0.39, 0.29) is 5.97 Å². The molecule has 1 aliphatic heterocycles. The number of ether oxygens (including phenoxy) is 3. The van der Waals surface area contributed by atoms with Gasteiger partial charge < -0.3 is 14.2 Å². The summed E-state index contributed by atoms with van der Waals surface area (Å²) >= 11 is 2.10. The van der Waals surface area contributed by atoms with Gasteiger partial charge in [-0.15, -0.1) is 0 Å². The van der Waals surface area contributed by atoms with Crippen LogP contribution in [0, 0.1) is 3.57 Å². The second-order valence-electron chi connectivity index (χ2n) is 3.26. The summed E-state index contributed by atoms with van der Waals surface area (Å²) in [5, 5.41) is 0. The summed E-state index contributed by atoms with van der Waals surface area (Å²) in [6.07, 6.45) is -0.586. The number of rotatable bonds is 2. The van der Waals surface area contributed by atoms with E-state index in [1.807, 2.05) is 12.1 Å². The fourth-order valence-electron chi connectivity index (χ4n) is 1.34. The average molecular weight is 334 g/mol. The quantitative estimate of drug-likeness (QED) is 0.611. The molecule has 0 aliphatic carbocycles. The number of benzene rings is 1. The van der Waals surface area contributed by atoms with Crippen molar-refractivity contribution >= 4 is 28.6 Å². The van der Waals surface area contributed by atoms with Gasteiger partial charge in [0.15, 0.2) is 0 Å². The van der Waals surface area contributed by atoms with E-state index in [1.165, 1.54) is 0 Å². The maximum atomic E-state index is 11.8. The van der Waals surface area contributed by atoms with Crippen LogP contribution in [0.5, 0.6) is 0 Å². The Hall–Kier alpha value is -0.660. The molecule has 4 nitrogen and oxygen atoms in total. The molecule has 16 heavy (non-hydrogen) atoms. The summed E-state index contributed by atoms with van der Waals surface area (Å²) in [6.45, 7) is 1.32. The van der Waals surface area contributed by atoms with E-state index in [0.717, 1.165) is 3.57 Å². The van der Waals surface area contributed by atoms with E-state index in [4.69, 9.17) is 14.2 Å². The van der Waals surface area contributed by atoms with Crippen LogP contribution in [-0.4, -0.2) is 32.1 Å². The van der Waals surface area contributed by atoms with Gasteiger partial charge >= 0.3 is 5.97 Å².